The number of nitrogens with two attached hydrogens (primary N) is 1. The molecule has 1 aromatic rings. The van der Waals surface area contributed by atoms with E-state index in [1.807, 2.05) is 0 Å². The average Bonchev–Trinajstić information content (AvgIpc) is 1.98. The zero-order valence-corrected chi connectivity index (χ0v) is 7.75. The maximum Gasteiger partial charge on any atom is 0.142 e. The molecule has 0 amide bonds. The lowest BCUT2D eigenvalue weighted by Gasteiger charge is -1.99. The molecule has 0 atom stereocenters. The summed E-state index contributed by atoms with van der Waals surface area (Å²) >= 11 is 5.45. The molecule has 0 fully saturated rings. The Morgan fingerprint density at radius 3 is 2.67 bits per heavy atom. The standard InChI is InChI=1S/C7H8ClFN2.ClH/c8-6-2-1-5(4-11-10)3-7(6)9;/h1-3,11H,4,10H2;1H. The van der Waals surface area contributed by atoms with E-state index in [0.29, 0.717) is 6.54 Å². The van der Waals surface area contributed by atoms with E-state index in [4.69, 9.17) is 17.4 Å². The van der Waals surface area contributed by atoms with Crippen molar-refractivity contribution in [1.82, 2.24) is 5.43 Å². The molecule has 3 N–H and O–H groups in total. The van der Waals surface area contributed by atoms with Crippen LogP contribution in [0, 0.1) is 5.82 Å². The van der Waals surface area contributed by atoms with E-state index in [1.165, 1.54) is 12.1 Å². The molecule has 12 heavy (non-hydrogen) atoms. The maximum atomic E-state index is 12.7. The molecule has 0 bridgehead atoms. The number of hydrazine groups is 1. The van der Waals surface area contributed by atoms with Gasteiger partial charge >= 0.3 is 0 Å². The third-order valence-corrected chi connectivity index (χ3v) is 1.60. The van der Waals surface area contributed by atoms with Crippen LogP contribution in [0.3, 0.4) is 0 Å². The molecule has 0 saturated heterocycles. The minimum Gasteiger partial charge on any atom is -0.271 e. The molecule has 68 valence electrons. The zero-order chi connectivity index (χ0) is 8.27. The number of halogens is 3. The molecule has 0 saturated carbocycles. The second kappa shape index (κ2) is 5.32. The molecular formula is C7H9Cl2FN2. The van der Waals surface area contributed by atoms with E-state index >= 15 is 0 Å². The van der Waals surface area contributed by atoms with Gasteiger partial charge < -0.3 is 0 Å². The van der Waals surface area contributed by atoms with Crippen molar-refractivity contribution in [2.45, 2.75) is 6.54 Å². The van der Waals surface area contributed by atoms with Gasteiger partial charge in [0, 0.05) is 6.54 Å². The van der Waals surface area contributed by atoms with Crippen molar-refractivity contribution >= 4 is 24.0 Å². The molecule has 0 aromatic heterocycles. The van der Waals surface area contributed by atoms with Gasteiger partial charge in [-0.25, -0.2) is 4.39 Å². The van der Waals surface area contributed by atoms with Crippen molar-refractivity contribution in [3.8, 4) is 0 Å². The number of hydrogen-bond acceptors (Lipinski definition) is 2. The number of benzene rings is 1. The van der Waals surface area contributed by atoms with E-state index in [0.717, 1.165) is 5.56 Å². The summed E-state index contributed by atoms with van der Waals surface area (Å²) in [5, 5.41) is 0.130. The highest BCUT2D eigenvalue weighted by Crippen LogP contribution is 2.14. The summed E-state index contributed by atoms with van der Waals surface area (Å²) in [4.78, 5) is 0. The number of rotatable bonds is 2. The quantitative estimate of drug-likeness (QED) is 0.578. The number of hydrogen-bond donors (Lipinski definition) is 2. The third-order valence-electron chi connectivity index (χ3n) is 1.29. The van der Waals surface area contributed by atoms with Crippen molar-refractivity contribution in [2.24, 2.45) is 5.84 Å². The van der Waals surface area contributed by atoms with Crippen molar-refractivity contribution in [2.75, 3.05) is 0 Å². The van der Waals surface area contributed by atoms with E-state index in [1.54, 1.807) is 6.07 Å². The second-order valence-electron chi connectivity index (χ2n) is 2.13. The Labute approximate surface area is 81.3 Å². The van der Waals surface area contributed by atoms with Crippen LogP contribution in [0.15, 0.2) is 18.2 Å². The van der Waals surface area contributed by atoms with Crippen molar-refractivity contribution in [1.29, 1.82) is 0 Å². The first kappa shape index (κ1) is 11.6. The van der Waals surface area contributed by atoms with Gasteiger partial charge in [0.25, 0.3) is 0 Å². The fourth-order valence-electron chi connectivity index (χ4n) is 0.767. The van der Waals surface area contributed by atoms with Gasteiger partial charge in [-0.1, -0.05) is 17.7 Å². The summed E-state index contributed by atoms with van der Waals surface area (Å²) < 4.78 is 12.7. The summed E-state index contributed by atoms with van der Waals surface area (Å²) in [5.41, 5.74) is 3.19. The molecular weight excluding hydrogens is 202 g/mol. The summed E-state index contributed by atoms with van der Waals surface area (Å²) in [6.07, 6.45) is 0. The highest BCUT2D eigenvalue weighted by atomic mass is 35.5. The van der Waals surface area contributed by atoms with Crippen LogP contribution in [-0.4, -0.2) is 0 Å². The Kier molecular flexibility index (Phi) is 5.17. The largest absolute Gasteiger partial charge is 0.271 e. The third kappa shape index (κ3) is 2.95. The lowest BCUT2D eigenvalue weighted by Crippen LogP contribution is -2.20. The fourth-order valence-corrected chi connectivity index (χ4v) is 0.885. The van der Waals surface area contributed by atoms with Crippen LogP contribution in [0.2, 0.25) is 5.02 Å². The van der Waals surface area contributed by atoms with Crippen LogP contribution in [0.25, 0.3) is 0 Å². The van der Waals surface area contributed by atoms with Gasteiger partial charge in [0.2, 0.25) is 0 Å². The Hall–Kier alpha value is -0.350. The SMILES string of the molecule is Cl.NNCc1ccc(Cl)c(F)c1. The lowest BCUT2D eigenvalue weighted by atomic mass is 10.2. The van der Waals surface area contributed by atoms with Crippen LogP contribution in [0.4, 0.5) is 4.39 Å². The van der Waals surface area contributed by atoms with Crippen LogP contribution in [0.1, 0.15) is 5.56 Å². The van der Waals surface area contributed by atoms with E-state index in [2.05, 4.69) is 5.43 Å². The van der Waals surface area contributed by atoms with Crippen molar-refractivity contribution in [3.05, 3.63) is 34.6 Å². The summed E-state index contributed by atoms with van der Waals surface area (Å²) in [5.74, 6) is 4.63. The van der Waals surface area contributed by atoms with Gasteiger partial charge in [-0.3, -0.25) is 11.3 Å². The normalized spacial score (nSPS) is 9.25. The highest BCUT2D eigenvalue weighted by Gasteiger charge is 1.98. The monoisotopic (exact) mass is 210 g/mol. The lowest BCUT2D eigenvalue weighted by molar-refractivity contribution is 0.622. The van der Waals surface area contributed by atoms with E-state index < -0.39 is 5.82 Å². The maximum absolute atomic E-state index is 12.7. The first-order valence-electron chi connectivity index (χ1n) is 3.11. The predicted molar refractivity (Wildman–Crippen MR) is 49.7 cm³/mol. The topological polar surface area (TPSA) is 38.0 Å². The first-order valence-corrected chi connectivity index (χ1v) is 3.49. The van der Waals surface area contributed by atoms with Crippen LogP contribution >= 0.6 is 24.0 Å². The van der Waals surface area contributed by atoms with Gasteiger partial charge in [0.15, 0.2) is 0 Å². The molecule has 2 nitrogen and oxygen atoms in total. The van der Waals surface area contributed by atoms with Gasteiger partial charge in [-0.15, -0.1) is 12.4 Å². The molecule has 0 aliphatic rings. The van der Waals surface area contributed by atoms with Crippen molar-refractivity contribution in [3.63, 3.8) is 0 Å². The summed E-state index contributed by atoms with van der Waals surface area (Å²) in [6, 6.07) is 4.57. The smallest absolute Gasteiger partial charge is 0.142 e. The molecule has 0 radical (unpaired) electrons. The molecule has 0 aliphatic heterocycles. The molecule has 0 aliphatic carbocycles. The second-order valence-corrected chi connectivity index (χ2v) is 2.54. The minimum absolute atomic E-state index is 0. The zero-order valence-electron chi connectivity index (χ0n) is 6.18. The molecule has 5 heteroatoms. The Balaban J connectivity index is 0.00000121. The highest BCUT2D eigenvalue weighted by molar-refractivity contribution is 6.30. The fraction of sp³-hybridized carbons (Fsp3) is 0.143. The molecule has 1 rings (SSSR count). The van der Waals surface area contributed by atoms with Gasteiger partial charge in [-0.05, 0) is 17.7 Å². The van der Waals surface area contributed by atoms with E-state index in [-0.39, 0.29) is 17.4 Å². The van der Waals surface area contributed by atoms with Crippen molar-refractivity contribution < 1.29 is 4.39 Å². The predicted octanol–water partition coefficient (Wildman–Crippen LogP) is 1.86. The Morgan fingerprint density at radius 2 is 2.17 bits per heavy atom. The molecule has 1 aromatic carbocycles. The minimum atomic E-state index is -0.417. The van der Waals surface area contributed by atoms with Gasteiger partial charge in [0.1, 0.15) is 5.82 Å². The first-order chi connectivity index (χ1) is 5.24. The van der Waals surface area contributed by atoms with Crippen LogP contribution in [0.5, 0.6) is 0 Å². The van der Waals surface area contributed by atoms with E-state index in [9.17, 15) is 4.39 Å². The number of nitrogens with one attached hydrogen (secondary N) is 1. The average molecular weight is 211 g/mol. The molecule has 0 spiro atoms. The molecule has 0 unspecified atom stereocenters. The van der Waals surface area contributed by atoms with Crippen LogP contribution < -0.4 is 11.3 Å². The van der Waals surface area contributed by atoms with Gasteiger partial charge in [0.05, 0.1) is 5.02 Å². The van der Waals surface area contributed by atoms with Crippen LogP contribution in [-0.2, 0) is 6.54 Å². The Morgan fingerprint density at radius 1 is 1.50 bits per heavy atom. The summed E-state index contributed by atoms with van der Waals surface area (Å²) in [7, 11) is 0. The molecule has 0 heterocycles. The van der Waals surface area contributed by atoms with Gasteiger partial charge in [-0.2, -0.15) is 0 Å². The Bertz CT molecular complexity index is 255. The summed E-state index contributed by atoms with van der Waals surface area (Å²) in [6.45, 7) is 0.439.